The molecule has 3 aromatic carbocycles. The van der Waals surface area contributed by atoms with E-state index in [1.54, 1.807) is 30.3 Å². The van der Waals surface area contributed by atoms with Crippen molar-refractivity contribution in [3.05, 3.63) is 82.9 Å². The Morgan fingerprint density at radius 2 is 1.50 bits per heavy atom. The van der Waals surface area contributed by atoms with E-state index in [2.05, 4.69) is 0 Å². The molecule has 3 N–H and O–H groups in total. The average molecular weight is 348 g/mol. The quantitative estimate of drug-likeness (QED) is 0.641. The largest absolute Gasteiger partial charge is 0.508 e. The molecule has 1 aliphatic heterocycles. The zero-order valence-corrected chi connectivity index (χ0v) is 14.4. The van der Waals surface area contributed by atoms with Gasteiger partial charge in [0.25, 0.3) is 0 Å². The fraction of sp³-hybridized carbons (Fsp3) is 0.182. The third-order valence-corrected chi connectivity index (χ3v) is 5.05. The van der Waals surface area contributed by atoms with Crippen molar-refractivity contribution in [1.82, 2.24) is 0 Å². The second-order valence-electron chi connectivity index (χ2n) is 6.75. The van der Waals surface area contributed by atoms with Crippen LogP contribution in [0.25, 0.3) is 0 Å². The highest BCUT2D eigenvalue weighted by Gasteiger charge is 2.33. The number of benzene rings is 3. The lowest BCUT2D eigenvalue weighted by molar-refractivity contribution is 0.247. The van der Waals surface area contributed by atoms with E-state index in [0.717, 1.165) is 22.3 Å². The van der Waals surface area contributed by atoms with Gasteiger partial charge < -0.3 is 20.1 Å². The highest BCUT2D eigenvalue weighted by Crippen LogP contribution is 2.47. The van der Waals surface area contributed by atoms with E-state index < -0.39 is 0 Å². The van der Waals surface area contributed by atoms with Crippen LogP contribution in [-0.2, 0) is 0 Å². The van der Waals surface area contributed by atoms with Gasteiger partial charge in [0.15, 0.2) is 0 Å². The van der Waals surface area contributed by atoms with Crippen molar-refractivity contribution in [1.29, 1.82) is 0 Å². The number of hydrogen-bond acceptors (Lipinski definition) is 4. The summed E-state index contributed by atoms with van der Waals surface area (Å²) in [6, 6.07) is 18.0. The first-order valence-electron chi connectivity index (χ1n) is 8.57. The van der Waals surface area contributed by atoms with Crippen molar-refractivity contribution >= 4 is 0 Å². The molecule has 0 aromatic heterocycles. The Hall–Kier alpha value is -3.14. The third-order valence-electron chi connectivity index (χ3n) is 5.05. The molecule has 2 atom stereocenters. The van der Waals surface area contributed by atoms with Crippen LogP contribution in [0.1, 0.15) is 34.1 Å². The highest BCUT2D eigenvalue weighted by molar-refractivity contribution is 5.52. The molecule has 1 heterocycles. The molecule has 0 saturated carbocycles. The van der Waals surface area contributed by atoms with Crippen LogP contribution in [0.15, 0.2) is 60.7 Å². The Morgan fingerprint density at radius 3 is 2.23 bits per heavy atom. The SMILES string of the molecule is Cc1cc([C@H]2c3ccc(O)cc3OC[C@H]2c2ccc(O)cc2)ccc1O. The number of aryl methyl sites for hydroxylation is 1. The predicted octanol–water partition coefficient (Wildman–Crippen LogP) is 4.42. The number of fused-ring (bicyclic) bond motifs is 1. The van der Waals surface area contributed by atoms with Crippen molar-refractivity contribution < 1.29 is 20.1 Å². The molecule has 0 radical (unpaired) electrons. The molecular weight excluding hydrogens is 328 g/mol. The Bertz CT molecular complexity index is 947. The van der Waals surface area contributed by atoms with Crippen LogP contribution in [0.4, 0.5) is 0 Å². The van der Waals surface area contributed by atoms with Gasteiger partial charge >= 0.3 is 0 Å². The van der Waals surface area contributed by atoms with Crippen LogP contribution in [0.2, 0.25) is 0 Å². The number of rotatable bonds is 2. The van der Waals surface area contributed by atoms with Gasteiger partial charge in [0.2, 0.25) is 0 Å². The first-order valence-corrected chi connectivity index (χ1v) is 8.57. The standard InChI is InChI=1S/C22H20O4/c1-13-10-15(4-9-20(13)25)22-18-8-7-17(24)11-21(18)26-12-19(22)14-2-5-16(23)6-3-14/h2-11,19,22-25H,12H2,1H3/t19-,22-/m0/s1. The Balaban J connectivity index is 1.87. The van der Waals surface area contributed by atoms with Crippen molar-refractivity contribution in [2.75, 3.05) is 6.61 Å². The maximum absolute atomic E-state index is 9.90. The minimum Gasteiger partial charge on any atom is -0.508 e. The maximum Gasteiger partial charge on any atom is 0.126 e. The van der Waals surface area contributed by atoms with Gasteiger partial charge in [0.1, 0.15) is 23.0 Å². The van der Waals surface area contributed by atoms with Crippen molar-refractivity contribution in [2.45, 2.75) is 18.8 Å². The number of aromatic hydroxyl groups is 3. The smallest absolute Gasteiger partial charge is 0.126 e. The van der Waals surface area contributed by atoms with Gasteiger partial charge in [-0.05, 0) is 47.9 Å². The molecule has 0 unspecified atom stereocenters. The molecule has 4 rings (SSSR count). The summed E-state index contributed by atoms with van der Waals surface area (Å²) in [5.74, 6) is 1.42. The minimum atomic E-state index is 0.0168. The molecule has 0 fully saturated rings. The average Bonchev–Trinajstić information content (AvgIpc) is 2.64. The van der Waals surface area contributed by atoms with Crippen LogP contribution < -0.4 is 4.74 Å². The first kappa shape index (κ1) is 16.3. The van der Waals surface area contributed by atoms with Crippen LogP contribution in [0, 0.1) is 6.92 Å². The molecule has 132 valence electrons. The summed E-state index contributed by atoms with van der Waals surface area (Å²) in [5, 5.41) is 29.3. The van der Waals surface area contributed by atoms with Crippen LogP contribution in [0.3, 0.4) is 0 Å². The predicted molar refractivity (Wildman–Crippen MR) is 99.1 cm³/mol. The lowest BCUT2D eigenvalue weighted by atomic mass is 9.75. The summed E-state index contributed by atoms with van der Waals surface area (Å²) in [4.78, 5) is 0. The number of hydrogen-bond donors (Lipinski definition) is 3. The summed E-state index contributed by atoms with van der Waals surface area (Å²) in [6.07, 6.45) is 0. The normalized spacial score (nSPS) is 18.8. The summed E-state index contributed by atoms with van der Waals surface area (Å²) in [7, 11) is 0. The molecule has 0 bridgehead atoms. The fourth-order valence-corrected chi connectivity index (χ4v) is 3.69. The van der Waals surface area contributed by atoms with Crippen molar-refractivity contribution in [3.63, 3.8) is 0 Å². The molecule has 0 spiro atoms. The fourth-order valence-electron chi connectivity index (χ4n) is 3.69. The Labute approximate surface area is 151 Å². The second-order valence-corrected chi connectivity index (χ2v) is 6.75. The first-order chi connectivity index (χ1) is 12.5. The molecule has 0 saturated heterocycles. The lowest BCUT2D eigenvalue weighted by Gasteiger charge is -2.34. The van der Waals surface area contributed by atoms with Crippen molar-refractivity contribution in [3.8, 4) is 23.0 Å². The second kappa shape index (κ2) is 6.30. The van der Waals surface area contributed by atoms with E-state index in [-0.39, 0.29) is 29.1 Å². The van der Waals surface area contributed by atoms with Crippen molar-refractivity contribution in [2.24, 2.45) is 0 Å². The molecule has 0 amide bonds. The molecule has 1 aliphatic rings. The van der Waals surface area contributed by atoms with Crippen LogP contribution >= 0.6 is 0 Å². The van der Waals surface area contributed by atoms with E-state index in [1.807, 2.05) is 37.3 Å². The summed E-state index contributed by atoms with van der Waals surface area (Å²) < 4.78 is 5.94. The van der Waals surface area contributed by atoms with Gasteiger partial charge in [-0.2, -0.15) is 0 Å². The third kappa shape index (κ3) is 2.84. The Morgan fingerprint density at radius 1 is 0.808 bits per heavy atom. The summed E-state index contributed by atoms with van der Waals surface area (Å²) in [5.41, 5.74) is 3.96. The van der Waals surface area contributed by atoms with E-state index in [4.69, 9.17) is 4.74 Å². The van der Waals surface area contributed by atoms with Gasteiger partial charge in [-0.1, -0.05) is 30.3 Å². The molecule has 4 nitrogen and oxygen atoms in total. The maximum atomic E-state index is 9.90. The van der Waals surface area contributed by atoms with E-state index in [9.17, 15) is 15.3 Å². The Kier molecular flexibility index (Phi) is 3.96. The monoisotopic (exact) mass is 348 g/mol. The molecular formula is C22H20O4. The summed E-state index contributed by atoms with van der Waals surface area (Å²) in [6.45, 7) is 2.34. The van der Waals surface area contributed by atoms with Crippen LogP contribution in [0.5, 0.6) is 23.0 Å². The zero-order chi connectivity index (χ0) is 18.3. The van der Waals surface area contributed by atoms with Crippen LogP contribution in [-0.4, -0.2) is 21.9 Å². The van der Waals surface area contributed by atoms with E-state index >= 15 is 0 Å². The molecule has 0 aliphatic carbocycles. The summed E-state index contributed by atoms with van der Waals surface area (Å²) >= 11 is 0. The number of phenolic OH excluding ortho intramolecular Hbond substituents is 3. The minimum absolute atomic E-state index is 0.0168. The lowest BCUT2D eigenvalue weighted by Crippen LogP contribution is -2.25. The van der Waals surface area contributed by atoms with E-state index in [1.165, 1.54) is 0 Å². The van der Waals surface area contributed by atoms with E-state index in [0.29, 0.717) is 12.4 Å². The zero-order valence-electron chi connectivity index (χ0n) is 14.4. The molecule has 26 heavy (non-hydrogen) atoms. The molecule has 4 heteroatoms. The highest BCUT2D eigenvalue weighted by atomic mass is 16.5. The van der Waals surface area contributed by atoms with Gasteiger partial charge in [0.05, 0.1) is 6.61 Å². The van der Waals surface area contributed by atoms with Gasteiger partial charge in [-0.25, -0.2) is 0 Å². The van der Waals surface area contributed by atoms with Gasteiger partial charge in [-0.3, -0.25) is 0 Å². The van der Waals surface area contributed by atoms with Gasteiger partial charge in [-0.15, -0.1) is 0 Å². The topological polar surface area (TPSA) is 69.9 Å². The van der Waals surface area contributed by atoms with Gasteiger partial charge in [0, 0.05) is 23.5 Å². The number of ether oxygens (including phenoxy) is 1. The number of phenols is 3. The molecule has 3 aromatic rings.